The van der Waals surface area contributed by atoms with Crippen LogP contribution < -0.4 is 5.32 Å². The van der Waals surface area contributed by atoms with Crippen molar-refractivity contribution in [1.29, 1.82) is 0 Å². The van der Waals surface area contributed by atoms with Crippen LogP contribution in [0.5, 0.6) is 0 Å². The quantitative estimate of drug-likeness (QED) is 0.572. The molecule has 1 aromatic heterocycles. The number of carbonyl (C=O) groups excluding carboxylic acids is 1. The molecule has 2 aromatic carbocycles. The average Bonchev–Trinajstić information content (AvgIpc) is 3.09. The molecule has 25 heavy (non-hydrogen) atoms. The maximum Gasteiger partial charge on any atom is 0.257 e. The number of rotatable bonds is 6. The molecule has 6 heteroatoms. The molecular weight excluding hydrogens is 398 g/mol. The van der Waals surface area contributed by atoms with Crippen LogP contribution in [0.4, 0.5) is 5.13 Å². The van der Waals surface area contributed by atoms with Gasteiger partial charge in [0.05, 0.1) is 0 Å². The van der Waals surface area contributed by atoms with Crippen molar-refractivity contribution in [3.05, 3.63) is 64.1 Å². The summed E-state index contributed by atoms with van der Waals surface area (Å²) in [5.41, 5.74) is 2.93. The number of benzene rings is 2. The van der Waals surface area contributed by atoms with Gasteiger partial charge in [-0.2, -0.15) is 0 Å². The van der Waals surface area contributed by atoms with E-state index in [1.54, 1.807) is 12.1 Å². The van der Waals surface area contributed by atoms with Crippen molar-refractivity contribution in [2.24, 2.45) is 0 Å². The Labute approximate surface area is 159 Å². The zero-order valence-corrected chi connectivity index (χ0v) is 16.2. The molecule has 4 nitrogen and oxygen atoms in total. The average molecular weight is 416 g/mol. The summed E-state index contributed by atoms with van der Waals surface area (Å²) < 4.78 is 0.935. The molecule has 0 fully saturated rings. The predicted molar refractivity (Wildman–Crippen MR) is 106 cm³/mol. The van der Waals surface area contributed by atoms with Crippen molar-refractivity contribution < 1.29 is 4.79 Å². The fourth-order valence-corrected chi connectivity index (χ4v) is 3.36. The standard InChI is InChI=1S/C19H18BrN3OS/c1-2-3-4-13-5-7-15(8-6-13)18-22-23-19(25-18)21-17(24)14-9-11-16(20)12-10-14/h5-12H,2-4H2,1H3,(H,21,23,24). The molecular formula is C19H18BrN3OS. The molecule has 0 atom stereocenters. The first kappa shape index (κ1) is 17.8. The van der Waals surface area contributed by atoms with Gasteiger partial charge in [-0.1, -0.05) is 64.9 Å². The van der Waals surface area contributed by atoms with Crippen molar-refractivity contribution in [3.63, 3.8) is 0 Å². The van der Waals surface area contributed by atoms with E-state index in [1.807, 2.05) is 12.1 Å². The van der Waals surface area contributed by atoms with Crippen LogP contribution in [0.25, 0.3) is 10.6 Å². The molecule has 0 bridgehead atoms. The SMILES string of the molecule is CCCCc1ccc(-c2nnc(NC(=O)c3ccc(Br)cc3)s2)cc1. The summed E-state index contributed by atoms with van der Waals surface area (Å²) in [4.78, 5) is 12.2. The van der Waals surface area contributed by atoms with Crippen LogP contribution in [0.1, 0.15) is 35.7 Å². The molecule has 128 valence electrons. The number of unbranched alkanes of at least 4 members (excludes halogenated alkanes) is 1. The van der Waals surface area contributed by atoms with E-state index >= 15 is 0 Å². The number of anilines is 1. The van der Waals surface area contributed by atoms with E-state index in [9.17, 15) is 4.79 Å². The Morgan fingerprint density at radius 1 is 1.08 bits per heavy atom. The Bertz CT molecular complexity index is 844. The van der Waals surface area contributed by atoms with Crippen molar-refractivity contribution >= 4 is 38.3 Å². The van der Waals surface area contributed by atoms with E-state index in [0.29, 0.717) is 10.7 Å². The van der Waals surface area contributed by atoms with Crippen LogP contribution in [-0.4, -0.2) is 16.1 Å². The van der Waals surface area contributed by atoms with Gasteiger partial charge in [0.15, 0.2) is 0 Å². The lowest BCUT2D eigenvalue weighted by atomic mass is 10.1. The third kappa shape index (κ3) is 4.74. The second kappa shape index (κ2) is 8.36. The van der Waals surface area contributed by atoms with Gasteiger partial charge in [-0.25, -0.2) is 0 Å². The lowest BCUT2D eigenvalue weighted by Crippen LogP contribution is -2.11. The van der Waals surface area contributed by atoms with Crippen molar-refractivity contribution in [1.82, 2.24) is 10.2 Å². The van der Waals surface area contributed by atoms with E-state index in [1.165, 1.54) is 29.7 Å². The van der Waals surface area contributed by atoms with Gasteiger partial charge in [0, 0.05) is 15.6 Å². The number of nitrogens with one attached hydrogen (secondary N) is 1. The smallest absolute Gasteiger partial charge is 0.257 e. The number of aryl methyl sites for hydroxylation is 1. The van der Waals surface area contributed by atoms with Crippen LogP contribution >= 0.6 is 27.3 Å². The zero-order valence-electron chi connectivity index (χ0n) is 13.8. The molecule has 0 radical (unpaired) electrons. The zero-order chi connectivity index (χ0) is 17.6. The molecule has 0 saturated heterocycles. The Morgan fingerprint density at radius 2 is 1.80 bits per heavy atom. The van der Waals surface area contributed by atoms with E-state index < -0.39 is 0 Å². The summed E-state index contributed by atoms with van der Waals surface area (Å²) in [5, 5.41) is 12.4. The van der Waals surface area contributed by atoms with Crippen LogP contribution in [0.2, 0.25) is 0 Å². The van der Waals surface area contributed by atoms with Gasteiger partial charge in [-0.15, -0.1) is 10.2 Å². The highest BCUT2D eigenvalue weighted by Gasteiger charge is 2.11. The molecule has 3 rings (SSSR count). The van der Waals surface area contributed by atoms with Crippen LogP contribution in [0, 0.1) is 0 Å². The number of carbonyl (C=O) groups is 1. The number of hydrogen-bond donors (Lipinski definition) is 1. The highest BCUT2D eigenvalue weighted by atomic mass is 79.9. The fraction of sp³-hybridized carbons (Fsp3) is 0.211. The highest BCUT2D eigenvalue weighted by Crippen LogP contribution is 2.27. The second-order valence-electron chi connectivity index (χ2n) is 5.67. The molecule has 0 spiro atoms. The minimum Gasteiger partial charge on any atom is -0.296 e. The normalized spacial score (nSPS) is 10.6. The monoisotopic (exact) mass is 415 g/mol. The molecule has 0 aliphatic heterocycles. The summed E-state index contributed by atoms with van der Waals surface area (Å²) in [5.74, 6) is -0.190. The van der Waals surface area contributed by atoms with Gasteiger partial charge in [-0.05, 0) is 42.7 Å². The number of hydrogen-bond acceptors (Lipinski definition) is 4. The van der Waals surface area contributed by atoms with E-state index in [4.69, 9.17) is 0 Å². The van der Waals surface area contributed by atoms with Gasteiger partial charge in [0.1, 0.15) is 5.01 Å². The largest absolute Gasteiger partial charge is 0.296 e. The molecule has 3 aromatic rings. The van der Waals surface area contributed by atoms with Crippen molar-refractivity contribution in [2.45, 2.75) is 26.2 Å². The number of aromatic nitrogens is 2. The highest BCUT2D eigenvalue weighted by molar-refractivity contribution is 9.10. The first-order valence-corrected chi connectivity index (χ1v) is 9.76. The van der Waals surface area contributed by atoms with Crippen molar-refractivity contribution in [2.75, 3.05) is 5.32 Å². The Balaban J connectivity index is 1.67. The Morgan fingerprint density at radius 3 is 2.48 bits per heavy atom. The predicted octanol–water partition coefficient (Wildman–Crippen LogP) is 5.56. The van der Waals surface area contributed by atoms with Crippen LogP contribution in [0.3, 0.4) is 0 Å². The molecule has 0 aliphatic rings. The summed E-state index contributed by atoms with van der Waals surface area (Å²) in [6.07, 6.45) is 3.49. The molecule has 0 aliphatic carbocycles. The summed E-state index contributed by atoms with van der Waals surface area (Å²) >= 11 is 4.73. The Hall–Kier alpha value is -2.05. The minimum atomic E-state index is -0.190. The number of halogens is 1. The molecule has 1 N–H and O–H groups in total. The van der Waals surface area contributed by atoms with Gasteiger partial charge >= 0.3 is 0 Å². The van der Waals surface area contributed by atoms with Crippen LogP contribution in [-0.2, 0) is 6.42 Å². The number of amides is 1. The lowest BCUT2D eigenvalue weighted by Gasteiger charge is -2.01. The lowest BCUT2D eigenvalue weighted by molar-refractivity contribution is 0.102. The molecule has 0 saturated carbocycles. The maximum atomic E-state index is 12.2. The van der Waals surface area contributed by atoms with E-state index in [0.717, 1.165) is 21.5 Å². The third-order valence-electron chi connectivity index (χ3n) is 3.77. The third-order valence-corrected chi connectivity index (χ3v) is 5.19. The second-order valence-corrected chi connectivity index (χ2v) is 7.57. The first-order chi connectivity index (χ1) is 12.2. The topological polar surface area (TPSA) is 54.9 Å². The van der Waals surface area contributed by atoms with Gasteiger partial charge < -0.3 is 0 Å². The number of nitrogens with zero attached hydrogens (tertiary/aromatic N) is 2. The first-order valence-electron chi connectivity index (χ1n) is 8.15. The molecule has 1 amide bonds. The molecule has 1 heterocycles. The van der Waals surface area contributed by atoms with Gasteiger partial charge in [-0.3, -0.25) is 10.1 Å². The van der Waals surface area contributed by atoms with Gasteiger partial charge in [0.25, 0.3) is 5.91 Å². The van der Waals surface area contributed by atoms with E-state index in [-0.39, 0.29) is 5.91 Å². The Kier molecular flexibility index (Phi) is 5.94. The summed E-state index contributed by atoms with van der Waals surface area (Å²) in [6.45, 7) is 2.19. The molecule has 0 unspecified atom stereocenters. The van der Waals surface area contributed by atoms with E-state index in [2.05, 4.69) is 62.6 Å². The summed E-state index contributed by atoms with van der Waals surface area (Å²) in [6, 6.07) is 15.6. The fourth-order valence-electron chi connectivity index (χ4n) is 2.36. The van der Waals surface area contributed by atoms with Crippen molar-refractivity contribution in [3.8, 4) is 10.6 Å². The summed E-state index contributed by atoms with van der Waals surface area (Å²) in [7, 11) is 0. The van der Waals surface area contributed by atoms with Crippen LogP contribution in [0.15, 0.2) is 53.0 Å². The maximum absolute atomic E-state index is 12.2. The van der Waals surface area contributed by atoms with Gasteiger partial charge in [0.2, 0.25) is 5.13 Å². The minimum absolute atomic E-state index is 0.190.